The number of aromatic amines is 1. The molecular formula is C13H17N3. The summed E-state index contributed by atoms with van der Waals surface area (Å²) in [5.74, 6) is 1.25. The van der Waals surface area contributed by atoms with Crippen LogP contribution < -0.4 is 10.2 Å². The second kappa shape index (κ2) is 3.83. The molecule has 1 fully saturated rings. The lowest BCUT2D eigenvalue weighted by Crippen LogP contribution is -2.43. The highest BCUT2D eigenvalue weighted by molar-refractivity contribution is 5.84. The van der Waals surface area contributed by atoms with E-state index in [1.54, 1.807) is 0 Å². The van der Waals surface area contributed by atoms with Crippen molar-refractivity contribution >= 4 is 16.7 Å². The smallest absolute Gasteiger partial charge is 0.106 e. The van der Waals surface area contributed by atoms with Crippen LogP contribution in [0.1, 0.15) is 5.56 Å². The number of benzene rings is 1. The van der Waals surface area contributed by atoms with Crippen LogP contribution in [0.4, 0.5) is 5.82 Å². The molecule has 1 aliphatic rings. The molecule has 1 saturated heterocycles. The Bertz CT molecular complexity index is 495. The van der Waals surface area contributed by atoms with Gasteiger partial charge in [-0.25, -0.2) is 0 Å². The zero-order valence-corrected chi connectivity index (χ0v) is 9.59. The second-order valence-electron chi connectivity index (χ2n) is 4.48. The fourth-order valence-electron chi connectivity index (χ4n) is 2.31. The highest BCUT2D eigenvalue weighted by atomic mass is 15.2. The van der Waals surface area contributed by atoms with E-state index in [0.29, 0.717) is 0 Å². The van der Waals surface area contributed by atoms with E-state index in [0.717, 1.165) is 26.2 Å². The first-order valence-corrected chi connectivity index (χ1v) is 5.88. The average molecular weight is 215 g/mol. The molecule has 0 unspecified atom stereocenters. The molecule has 2 aromatic rings. The maximum absolute atomic E-state index is 3.49. The van der Waals surface area contributed by atoms with Gasteiger partial charge < -0.3 is 15.2 Å². The van der Waals surface area contributed by atoms with Gasteiger partial charge in [-0.2, -0.15) is 0 Å². The molecule has 3 heteroatoms. The lowest BCUT2D eigenvalue weighted by atomic mass is 10.2. The number of H-pyrrole nitrogens is 1. The van der Waals surface area contributed by atoms with Gasteiger partial charge in [0.2, 0.25) is 0 Å². The van der Waals surface area contributed by atoms with E-state index in [-0.39, 0.29) is 0 Å². The zero-order valence-electron chi connectivity index (χ0n) is 9.59. The predicted molar refractivity (Wildman–Crippen MR) is 68.1 cm³/mol. The van der Waals surface area contributed by atoms with Gasteiger partial charge in [0.1, 0.15) is 5.82 Å². The normalized spacial score (nSPS) is 16.9. The lowest BCUT2D eigenvalue weighted by molar-refractivity contribution is 0.586. The van der Waals surface area contributed by atoms with Gasteiger partial charge in [0.25, 0.3) is 0 Å². The molecule has 0 bridgehead atoms. The van der Waals surface area contributed by atoms with E-state index in [4.69, 9.17) is 0 Å². The van der Waals surface area contributed by atoms with Gasteiger partial charge in [-0.05, 0) is 25.1 Å². The van der Waals surface area contributed by atoms with Crippen molar-refractivity contribution in [1.29, 1.82) is 0 Å². The monoisotopic (exact) mass is 215 g/mol. The van der Waals surface area contributed by atoms with Gasteiger partial charge in [-0.15, -0.1) is 0 Å². The molecule has 0 amide bonds. The number of hydrogen-bond acceptors (Lipinski definition) is 2. The summed E-state index contributed by atoms with van der Waals surface area (Å²) in [7, 11) is 0. The van der Waals surface area contributed by atoms with Crippen molar-refractivity contribution in [2.75, 3.05) is 31.1 Å². The molecule has 2 heterocycles. The van der Waals surface area contributed by atoms with E-state index in [1.165, 1.54) is 22.3 Å². The average Bonchev–Trinajstić information content (AvgIpc) is 2.73. The number of hydrogen-bond donors (Lipinski definition) is 2. The molecule has 84 valence electrons. The first-order valence-electron chi connectivity index (χ1n) is 5.88. The van der Waals surface area contributed by atoms with Crippen molar-refractivity contribution < 1.29 is 0 Å². The summed E-state index contributed by atoms with van der Waals surface area (Å²) in [5, 5.41) is 4.69. The summed E-state index contributed by atoms with van der Waals surface area (Å²) < 4.78 is 0. The van der Waals surface area contributed by atoms with Crippen LogP contribution in [0.2, 0.25) is 0 Å². The number of aryl methyl sites for hydroxylation is 1. The predicted octanol–water partition coefficient (Wildman–Crippen LogP) is 1.89. The maximum atomic E-state index is 3.49. The Labute approximate surface area is 95.5 Å². The van der Waals surface area contributed by atoms with E-state index in [2.05, 4.69) is 46.4 Å². The third-order valence-electron chi connectivity index (χ3n) is 3.22. The van der Waals surface area contributed by atoms with E-state index in [9.17, 15) is 0 Å². The summed E-state index contributed by atoms with van der Waals surface area (Å²) in [4.78, 5) is 5.90. The molecule has 0 aliphatic carbocycles. The Morgan fingerprint density at radius 3 is 2.75 bits per heavy atom. The number of nitrogens with zero attached hydrogens (tertiary/aromatic N) is 1. The largest absolute Gasteiger partial charge is 0.356 e. The van der Waals surface area contributed by atoms with Crippen LogP contribution in [0.25, 0.3) is 10.9 Å². The number of piperazine rings is 1. The van der Waals surface area contributed by atoms with E-state index >= 15 is 0 Å². The van der Waals surface area contributed by atoms with Gasteiger partial charge >= 0.3 is 0 Å². The summed E-state index contributed by atoms with van der Waals surface area (Å²) in [5.41, 5.74) is 2.55. The minimum atomic E-state index is 1.08. The fraction of sp³-hybridized carbons (Fsp3) is 0.385. The van der Waals surface area contributed by atoms with Gasteiger partial charge in [0.05, 0.1) is 0 Å². The maximum Gasteiger partial charge on any atom is 0.106 e. The molecule has 1 aromatic carbocycles. The molecule has 1 aliphatic heterocycles. The number of rotatable bonds is 1. The van der Waals surface area contributed by atoms with Crippen molar-refractivity contribution in [3.05, 3.63) is 29.8 Å². The van der Waals surface area contributed by atoms with E-state index < -0.39 is 0 Å². The second-order valence-corrected chi connectivity index (χ2v) is 4.48. The van der Waals surface area contributed by atoms with E-state index in [1.807, 2.05) is 0 Å². The molecule has 3 rings (SSSR count). The number of nitrogens with one attached hydrogen (secondary N) is 2. The van der Waals surface area contributed by atoms with Gasteiger partial charge in [-0.1, -0.05) is 11.6 Å². The molecule has 16 heavy (non-hydrogen) atoms. The van der Waals surface area contributed by atoms with Crippen LogP contribution >= 0.6 is 0 Å². The van der Waals surface area contributed by atoms with Crippen LogP contribution in [0.3, 0.4) is 0 Å². The third kappa shape index (κ3) is 1.67. The number of aromatic nitrogens is 1. The fourth-order valence-corrected chi connectivity index (χ4v) is 2.31. The standard InChI is InChI=1S/C13H17N3/c1-10-2-3-12-11(8-10)9-13(15-12)16-6-4-14-5-7-16/h2-3,8-9,14-15H,4-7H2,1H3. The summed E-state index contributed by atoms with van der Waals surface area (Å²) in [6, 6.07) is 8.81. The Balaban J connectivity index is 1.97. The van der Waals surface area contributed by atoms with Crippen LogP contribution in [-0.4, -0.2) is 31.2 Å². The molecule has 0 saturated carbocycles. The molecule has 0 radical (unpaired) electrons. The Morgan fingerprint density at radius 2 is 1.94 bits per heavy atom. The number of anilines is 1. The van der Waals surface area contributed by atoms with Crippen LogP contribution in [0, 0.1) is 6.92 Å². The lowest BCUT2D eigenvalue weighted by Gasteiger charge is -2.27. The first-order chi connectivity index (χ1) is 7.83. The Hall–Kier alpha value is -1.48. The van der Waals surface area contributed by atoms with Crippen LogP contribution in [0.5, 0.6) is 0 Å². The van der Waals surface area contributed by atoms with Crippen LogP contribution in [0.15, 0.2) is 24.3 Å². The first kappa shape index (κ1) is 9.73. The molecule has 0 atom stereocenters. The topological polar surface area (TPSA) is 31.1 Å². The highest BCUT2D eigenvalue weighted by Gasteiger charge is 2.12. The van der Waals surface area contributed by atoms with Crippen molar-refractivity contribution in [2.45, 2.75) is 6.92 Å². The number of fused-ring (bicyclic) bond motifs is 1. The molecule has 2 N–H and O–H groups in total. The summed E-state index contributed by atoms with van der Waals surface area (Å²) in [6.07, 6.45) is 0. The van der Waals surface area contributed by atoms with Gasteiger partial charge in [0, 0.05) is 37.1 Å². The SMILES string of the molecule is Cc1ccc2[nH]c(N3CCNCC3)cc2c1. The Kier molecular flexibility index (Phi) is 2.33. The molecule has 3 nitrogen and oxygen atoms in total. The summed E-state index contributed by atoms with van der Waals surface area (Å²) in [6.45, 7) is 6.47. The van der Waals surface area contributed by atoms with Gasteiger partial charge in [0.15, 0.2) is 0 Å². The Morgan fingerprint density at radius 1 is 1.12 bits per heavy atom. The summed E-state index contributed by atoms with van der Waals surface area (Å²) >= 11 is 0. The minimum absolute atomic E-state index is 1.08. The van der Waals surface area contributed by atoms with Crippen molar-refractivity contribution in [2.24, 2.45) is 0 Å². The van der Waals surface area contributed by atoms with Crippen molar-refractivity contribution in [3.63, 3.8) is 0 Å². The zero-order chi connectivity index (χ0) is 11.0. The van der Waals surface area contributed by atoms with Crippen molar-refractivity contribution in [3.8, 4) is 0 Å². The molecular weight excluding hydrogens is 198 g/mol. The highest BCUT2D eigenvalue weighted by Crippen LogP contribution is 2.22. The third-order valence-corrected chi connectivity index (χ3v) is 3.22. The molecule has 0 spiro atoms. The molecule has 1 aromatic heterocycles. The minimum Gasteiger partial charge on any atom is -0.356 e. The van der Waals surface area contributed by atoms with Gasteiger partial charge in [-0.3, -0.25) is 0 Å². The van der Waals surface area contributed by atoms with Crippen molar-refractivity contribution in [1.82, 2.24) is 10.3 Å². The quantitative estimate of drug-likeness (QED) is 0.761. The van der Waals surface area contributed by atoms with Crippen LogP contribution in [-0.2, 0) is 0 Å².